The van der Waals surface area contributed by atoms with Gasteiger partial charge in [0, 0.05) is 13.6 Å². The average molecular weight is 292 g/mol. The maximum atomic E-state index is 12.2. The average Bonchev–Trinajstić information content (AvgIpc) is 2.66. The van der Waals surface area contributed by atoms with Crippen LogP contribution in [0.1, 0.15) is 46.0 Å². The van der Waals surface area contributed by atoms with E-state index >= 15 is 0 Å². The van der Waals surface area contributed by atoms with Gasteiger partial charge in [0.15, 0.2) is 0 Å². The van der Waals surface area contributed by atoms with Gasteiger partial charge in [-0.2, -0.15) is 0 Å². The first-order valence-electron chi connectivity index (χ1n) is 8.60. The first-order valence-corrected chi connectivity index (χ1v) is 8.60. The van der Waals surface area contributed by atoms with Gasteiger partial charge in [-0.3, -0.25) is 0 Å². The van der Waals surface area contributed by atoms with Gasteiger partial charge in [0.25, 0.3) is 0 Å². The zero-order chi connectivity index (χ0) is 15.0. The molecule has 0 radical (unpaired) electrons. The van der Waals surface area contributed by atoms with Crippen LogP contribution in [0.2, 0.25) is 0 Å². The topological polar surface area (TPSA) is 52.6 Å². The van der Waals surface area contributed by atoms with Crippen molar-refractivity contribution in [2.45, 2.75) is 57.1 Å². The monoisotopic (exact) mass is 292 g/mol. The van der Waals surface area contributed by atoms with E-state index in [1.54, 1.807) is 0 Å². The molecule has 1 heterocycles. The van der Waals surface area contributed by atoms with Crippen molar-refractivity contribution in [2.75, 3.05) is 13.6 Å². The summed E-state index contributed by atoms with van der Waals surface area (Å²) >= 11 is 0. The second kappa shape index (κ2) is 4.15. The Kier molecular flexibility index (Phi) is 2.74. The molecule has 4 nitrogen and oxygen atoms in total. The van der Waals surface area contributed by atoms with Crippen LogP contribution in [0.3, 0.4) is 0 Å². The predicted molar refractivity (Wildman–Crippen MR) is 80.7 cm³/mol. The van der Waals surface area contributed by atoms with Crippen molar-refractivity contribution >= 4 is 6.03 Å². The number of likely N-dealkylation sites (N-methyl/N-ethyl adjacent to an activating group) is 1. The SMILES string of the molecule is CC(C)C1(C2C3CC4CC2CC(O)(C4)C3)CNC(=O)N1C. The minimum atomic E-state index is -0.389. The summed E-state index contributed by atoms with van der Waals surface area (Å²) in [6.45, 7) is 5.30. The molecule has 4 bridgehead atoms. The third-order valence-electron chi connectivity index (χ3n) is 7.27. The zero-order valence-electron chi connectivity index (χ0n) is 13.4. The van der Waals surface area contributed by atoms with Crippen molar-refractivity contribution in [3.8, 4) is 0 Å². The molecule has 2 amide bonds. The Hall–Kier alpha value is -0.770. The summed E-state index contributed by atoms with van der Waals surface area (Å²) in [7, 11) is 1.97. The van der Waals surface area contributed by atoms with Crippen molar-refractivity contribution in [1.29, 1.82) is 0 Å². The molecule has 0 spiro atoms. The third-order valence-corrected chi connectivity index (χ3v) is 7.27. The summed E-state index contributed by atoms with van der Waals surface area (Å²) in [6, 6.07) is 0.0798. The second-order valence-corrected chi connectivity index (χ2v) is 8.58. The van der Waals surface area contributed by atoms with Crippen molar-refractivity contribution in [3.05, 3.63) is 0 Å². The van der Waals surface area contributed by atoms with Crippen LogP contribution in [0.4, 0.5) is 4.79 Å². The maximum absolute atomic E-state index is 12.2. The molecule has 2 N–H and O–H groups in total. The van der Waals surface area contributed by atoms with Crippen LogP contribution in [0.25, 0.3) is 0 Å². The zero-order valence-corrected chi connectivity index (χ0v) is 13.4. The fraction of sp³-hybridized carbons (Fsp3) is 0.941. The highest BCUT2D eigenvalue weighted by Gasteiger charge is 2.63. The number of amides is 2. The fourth-order valence-corrected chi connectivity index (χ4v) is 6.76. The van der Waals surface area contributed by atoms with Gasteiger partial charge in [-0.05, 0) is 61.7 Å². The predicted octanol–water partition coefficient (Wildman–Crippen LogP) is 2.22. The molecule has 0 aromatic heterocycles. The van der Waals surface area contributed by atoms with Gasteiger partial charge in [-0.15, -0.1) is 0 Å². The minimum Gasteiger partial charge on any atom is -0.390 e. The van der Waals surface area contributed by atoms with Crippen molar-refractivity contribution in [1.82, 2.24) is 10.2 Å². The molecule has 5 rings (SSSR count). The lowest BCUT2D eigenvalue weighted by Crippen LogP contribution is -2.66. The van der Waals surface area contributed by atoms with Crippen LogP contribution in [0.5, 0.6) is 0 Å². The highest BCUT2D eigenvalue weighted by Crippen LogP contribution is 2.62. The van der Waals surface area contributed by atoms with E-state index in [1.807, 2.05) is 11.9 Å². The number of nitrogens with zero attached hydrogens (tertiary/aromatic N) is 1. The van der Waals surface area contributed by atoms with Gasteiger partial charge >= 0.3 is 6.03 Å². The second-order valence-electron chi connectivity index (χ2n) is 8.58. The van der Waals surface area contributed by atoms with Crippen molar-refractivity contribution < 1.29 is 9.90 Å². The van der Waals surface area contributed by atoms with E-state index in [2.05, 4.69) is 19.2 Å². The number of aliphatic hydroxyl groups is 1. The summed E-state index contributed by atoms with van der Waals surface area (Å²) in [5.74, 6) is 2.91. The van der Waals surface area contributed by atoms with Crippen LogP contribution >= 0.6 is 0 Å². The standard InChI is InChI=1S/C17H28N2O2/c1-10(2)17(9-18-15(20)19(17)3)14-12-4-11-5-13(14)8-16(21,6-11)7-12/h10-14,21H,4-9H2,1-3H3,(H,18,20). The highest BCUT2D eigenvalue weighted by molar-refractivity contribution is 5.77. The molecule has 0 aromatic carbocycles. The van der Waals surface area contributed by atoms with E-state index in [-0.39, 0.29) is 17.2 Å². The minimum absolute atomic E-state index is 0.0595. The van der Waals surface area contributed by atoms with E-state index in [4.69, 9.17) is 0 Å². The molecule has 3 unspecified atom stereocenters. The lowest BCUT2D eigenvalue weighted by atomic mass is 9.45. The van der Waals surface area contributed by atoms with Gasteiger partial charge in [-0.1, -0.05) is 13.8 Å². The van der Waals surface area contributed by atoms with Crippen LogP contribution in [-0.2, 0) is 0 Å². The Morgan fingerprint density at radius 1 is 1.24 bits per heavy atom. The molecule has 5 fully saturated rings. The largest absolute Gasteiger partial charge is 0.390 e. The number of nitrogens with one attached hydrogen (secondary N) is 1. The van der Waals surface area contributed by atoms with E-state index in [0.29, 0.717) is 23.7 Å². The molecule has 118 valence electrons. The summed E-state index contributed by atoms with van der Waals surface area (Å²) in [6.07, 6.45) is 5.47. The van der Waals surface area contributed by atoms with E-state index in [1.165, 1.54) is 12.8 Å². The summed E-state index contributed by atoms with van der Waals surface area (Å²) in [5.41, 5.74) is -0.449. The van der Waals surface area contributed by atoms with E-state index < -0.39 is 0 Å². The molecule has 4 heteroatoms. The summed E-state index contributed by atoms with van der Waals surface area (Å²) in [4.78, 5) is 14.2. The van der Waals surface area contributed by atoms with E-state index in [0.717, 1.165) is 31.7 Å². The Bertz CT molecular complexity index is 461. The molecule has 4 saturated carbocycles. The number of carbonyl (C=O) groups is 1. The quantitative estimate of drug-likeness (QED) is 0.820. The lowest BCUT2D eigenvalue weighted by molar-refractivity contribution is -0.180. The molecule has 3 atom stereocenters. The molecular formula is C17H28N2O2. The highest BCUT2D eigenvalue weighted by atomic mass is 16.3. The molecular weight excluding hydrogens is 264 g/mol. The number of hydrogen-bond donors (Lipinski definition) is 2. The molecule has 5 aliphatic rings. The lowest BCUT2D eigenvalue weighted by Gasteiger charge is -2.63. The van der Waals surface area contributed by atoms with Crippen LogP contribution in [0.15, 0.2) is 0 Å². The normalized spacial score (nSPS) is 51.9. The van der Waals surface area contributed by atoms with Crippen LogP contribution in [-0.4, -0.2) is 40.8 Å². The number of rotatable bonds is 2. The summed E-state index contributed by atoms with van der Waals surface area (Å²) in [5, 5.41) is 13.9. The molecule has 1 aliphatic heterocycles. The van der Waals surface area contributed by atoms with Gasteiger partial charge in [0.05, 0.1) is 11.1 Å². The van der Waals surface area contributed by atoms with Crippen molar-refractivity contribution in [3.63, 3.8) is 0 Å². The fourth-order valence-electron chi connectivity index (χ4n) is 6.76. The van der Waals surface area contributed by atoms with Gasteiger partial charge < -0.3 is 15.3 Å². The van der Waals surface area contributed by atoms with Gasteiger partial charge in [0.1, 0.15) is 0 Å². The number of urea groups is 1. The number of hydrogen-bond acceptors (Lipinski definition) is 2. The van der Waals surface area contributed by atoms with Crippen LogP contribution < -0.4 is 5.32 Å². The Labute approximate surface area is 127 Å². The molecule has 0 aromatic rings. The maximum Gasteiger partial charge on any atom is 0.317 e. The first kappa shape index (κ1) is 13.9. The molecule has 4 aliphatic carbocycles. The molecule has 1 saturated heterocycles. The van der Waals surface area contributed by atoms with Crippen LogP contribution in [0, 0.1) is 29.6 Å². The summed E-state index contributed by atoms with van der Waals surface area (Å²) < 4.78 is 0. The van der Waals surface area contributed by atoms with Gasteiger partial charge in [0.2, 0.25) is 0 Å². The number of carbonyl (C=O) groups excluding carboxylic acids is 1. The van der Waals surface area contributed by atoms with Gasteiger partial charge in [-0.25, -0.2) is 4.79 Å². The van der Waals surface area contributed by atoms with E-state index in [9.17, 15) is 9.90 Å². The Morgan fingerprint density at radius 3 is 2.29 bits per heavy atom. The first-order chi connectivity index (χ1) is 9.86. The Balaban J connectivity index is 1.73. The smallest absolute Gasteiger partial charge is 0.317 e. The third kappa shape index (κ3) is 1.68. The van der Waals surface area contributed by atoms with Crippen molar-refractivity contribution in [2.24, 2.45) is 29.6 Å². The molecule has 21 heavy (non-hydrogen) atoms. The Morgan fingerprint density at radius 2 is 1.86 bits per heavy atom.